The summed E-state index contributed by atoms with van der Waals surface area (Å²) in [6.45, 7) is 2.73. The fourth-order valence-electron chi connectivity index (χ4n) is 3.01. The van der Waals surface area contributed by atoms with Crippen LogP contribution in [0.1, 0.15) is 17.0 Å². The molecule has 4 rings (SSSR count). The van der Waals surface area contributed by atoms with Crippen molar-refractivity contribution in [2.45, 2.75) is 20.0 Å². The summed E-state index contributed by atoms with van der Waals surface area (Å²) in [5.41, 5.74) is 3.44. The molecule has 1 aliphatic heterocycles. The number of benzene rings is 2. The summed E-state index contributed by atoms with van der Waals surface area (Å²) >= 11 is 0. The third kappa shape index (κ3) is 3.06. The van der Waals surface area contributed by atoms with Crippen LogP contribution in [0.4, 0.5) is 5.69 Å². The number of nitrogens with zero attached hydrogens (tertiary/aromatic N) is 3. The number of amides is 2. The predicted octanol–water partition coefficient (Wildman–Crippen LogP) is 2.26. The number of anilines is 1. The van der Waals surface area contributed by atoms with E-state index in [1.54, 1.807) is 23.1 Å². The molecule has 0 atom stereocenters. The Labute approximate surface area is 150 Å². The maximum atomic E-state index is 12.5. The largest absolute Gasteiger partial charge is 0.326 e. The number of hydrogen-bond donors (Lipinski definition) is 2. The Hall–Kier alpha value is -3.48. The Morgan fingerprint density at radius 3 is 2.46 bits per heavy atom. The van der Waals surface area contributed by atoms with Crippen LogP contribution in [-0.4, -0.2) is 31.9 Å². The maximum Gasteiger partial charge on any atom is 0.313 e. The highest BCUT2D eigenvalue weighted by molar-refractivity contribution is 6.39. The van der Waals surface area contributed by atoms with Crippen LogP contribution in [0.2, 0.25) is 0 Å². The molecule has 0 radical (unpaired) electrons. The van der Waals surface area contributed by atoms with Gasteiger partial charge in [0.15, 0.2) is 5.82 Å². The Kier molecular flexibility index (Phi) is 3.96. The zero-order chi connectivity index (χ0) is 18.1. The molecular weight excluding hydrogens is 330 g/mol. The van der Waals surface area contributed by atoms with Crippen molar-refractivity contribution in [3.8, 4) is 11.4 Å². The molecule has 2 N–H and O–H groups in total. The summed E-state index contributed by atoms with van der Waals surface area (Å²) in [6, 6.07) is 14.9. The lowest BCUT2D eigenvalue weighted by atomic mass is 10.1. The zero-order valence-electron chi connectivity index (χ0n) is 14.2. The Balaban J connectivity index is 1.46. The lowest BCUT2D eigenvalue weighted by Gasteiger charge is -2.15. The molecule has 2 amide bonds. The molecule has 1 aliphatic rings. The van der Waals surface area contributed by atoms with Gasteiger partial charge in [0.05, 0.1) is 0 Å². The minimum Gasteiger partial charge on any atom is -0.326 e. The molecule has 7 nitrogen and oxygen atoms in total. The van der Waals surface area contributed by atoms with E-state index in [1.807, 2.05) is 37.3 Å². The number of H-pyrrole nitrogens is 1. The number of carbonyl (C=O) groups is 2. The van der Waals surface area contributed by atoms with Gasteiger partial charge in [-0.25, -0.2) is 4.98 Å². The maximum absolute atomic E-state index is 12.5. The van der Waals surface area contributed by atoms with Gasteiger partial charge in [-0.1, -0.05) is 36.4 Å². The number of hydrogen-bond acceptors (Lipinski definition) is 4. The molecule has 26 heavy (non-hydrogen) atoms. The van der Waals surface area contributed by atoms with Gasteiger partial charge in [0.2, 0.25) is 0 Å². The highest BCUT2D eigenvalue weighted by atomic mass is 16.2. The SMILES string of the molecule is Cc1nc(-c2cccc(NC(=O)C(=O)N3Cc4ccccc4C3)c2)n[nH]1. The number of aromatic nitrogens is 3. The number of carbonyl (C=O) groups excluding carboxylic acids is 2. The van der Waals surface area contributed by atoms with Gasteiger partial charge < -0.3 is 10.2 Å². The lowest BCUT2D eigenvalue weighted by molar-refractivity contribution is -0.143. The molecule has 2 aromatic carbocycles. The summed E-state index contributed by atoms with van der Waals surface area (Å²) < 4.78 is 0. The third-order valence-corrected chi connectivity index (χ3v) is 4.30. The van der Waals surface area contributed by atoms with Gasteiger partial charge >= 0.3 is 11.8 Å². The van der Waals surface area contributed by atoms with Crippen LogP contribution < -0.4 is 5.32 Å². The smallest absolute Gasteiger partial charge is 0.313 e. The van der Waals surface area contributed by atoms with Crippen molar-refractivity contribution in [1.29, 1.82) is 0 Å². The van der Waals surface area contributed by atoms with Gasteiger partial charge in [0, 0.05) is 24.3 Å². The Morgan fingerprint density at radius 1 is 1.08 bits per heavy atom. The van der Waals surface area contributed by atoms with Crippen LogP contribution in [0.25, 0.3) is 11.4 Å². The van der Waals surface area contributed by atoms with Crippen molar-refractivity contribution >= 4 is 17.5 Å². The summed E-state index contributed by atoms with van der Waals surface area (Å²) in [7, 11) is 0. The van der Waals surface area contributed by atoms with Crippen LogP contribution in [0.3, 0.4) is 0 Å². The minimum atomic E-state index is -0.652. The van der Waals surface area contributed by atoms with Crippen LogP contribution >= 0.6 is 0 Å². The second kappa shape index (κ2) is 6.44. The molecule has 1 aromatic heterocycles. The molecule has 0 saturated carbocycles. The van der Waals surface area contributed by atoms with Gasteiger partial charge in [-0.3, -0.25) is 14.7 Å². The second-order valence-electron chi connectivity index (χ2n) is 6.21. The summed E-state index contributed by atoms with van der Waals surface area (Å²) in [5, 5.41) is 9.55. The molecule has 130 valence electrons. The lowest BCUT2D eigenvalue weighted by Crippen LogP contribution is -2.36. The van der Waals surface area contributed by atoms with Crippen molar-refractivity contribution in [2.24, 2.45) is 0 Å². The topological polar surface area (TPSA) is 91.0 Å². The molecule has 0 fully saturated rings. The van der Waals surface area contributed by atoms with E-state index >= 15 is 0 Å². The van der Waals surface area contributed by atoms with Crippen molar-refractivity contribution in [1.82, 2.24) is 20.1 Å². The van der Waals surface area contributed by atoms with E-state index in [0.717, 1.165) is 16.7 Å². The summed E-state index contributed by atoms with van der Waals surface area (Å²) in [6.07, 6.45) is 0. The predicted molar refractivity (Wildman–Crippen MR) is 95.9 cm³/mol. The molecule has 7 heteroatoms. The first-order valence-electron chi connectivity index (χ1n) is 8.26. The second-order valence-corrected chi connectivity index (χ2v) is 6.21. The number of aryl methyl sites for hydroxylation is 1. The number of nitrogens with one attached hydrogen (secondary N) is 2. The van der Waals surface area contributed by atoms with E-state index in [0.29, 0.717) is 30.4 Å². The standard InChI is InChI=1S/C19H17N5O2/c1-12-20-17(23-22-12)13-7-4-8-16(9-13)21-18(25)19(26)24-10-14-5-2-3-6-15(14)11-24/h2-9H,10-11H2,1H3,(H,21,25)(H,20,22,23). The molecule has 3 aromatic rings. The van der Waals surface area contributed by atoms with Gasteiger partial charge in [-0.05, 0) is 30.2 Å². The van der Waals surface area contributed by atoms with Gasteiger partial charge in [0.25, 0.3) is 0 Å². The van der Waals surface area contributed by atoms with Crippen molar-refractivity contribution in [3.05, 3.63) is 65.5 Å². The fraction of sp³-hybridized carbons (Fsp3) is 0.158. The average Bonchev–Trinajstić information content (AvgIpc) is 3.27. The van der Waals surface area contributed by atoms with Gasteiger partial charge in [-0.15, -0.1) is 0 Å². The molecule has 0 bridgehead atoms. The van der Waals surface area contributed by atoms with Crippen LogP contribution in [0.15, 0.2) is 48.5 Å². The highest BCUT2D eigenvalue weighted by Gasteiger charge is 2.27. The van der Waals surface area contributed by atoms with E-state index in [-0.39, 0.29) is 0 Å². The molecule has 0 spiro atoms. The number of fused-ring (bicyclic) bond motifs is 1. The highest BCUT2D eigenvalue weighted by Crippen LogP contribution is 2.23. The first-order valence-corrected chi connectivity index (χ1v) is 8.26. The van der Waals surface area contributed by atoms with E-state index < -0.39 is 11.8 Å². The normalized spacial score (nSPS) is 12.7. The van der Waals surface area contributed by atoms with Gasteiger partial charge in [-0.2, -0.15) is 5.10 Å². The Morgan fingerprint density at radius 2 is 1.81 bits per heavy atom. The Bertz CT molecular complexity index is 970. The van der Waals surface area contributed by atoms with E-state index in [9.17, 15) is 9.59 Å². The monoisotopic (exact) mass is 347 g/mol. The van der Waals surface area contributed by atoms with Crippen molar-refractivity contribution in [3.63, 3.8) is 0 Å². The van der Waals surface area contributed by atoms with E-state index in [2.05, 4.69) is 20.5 Å². The average molecular weight is 347 g/mol. The molecule has 0 aliphatic carbocycles. The molecule has 0 saturated heterocycles. The first kappa shape index (κ1) is 16.0. The molecule has 2 heterocycles. The zero-order valence-corrected chi connectivity index (χ0v) is 14.2. The molecule has 0 unspecified atom stereocenters. The quantitative estimate of drug-likeness (QED) is 0.696. The summed E-state index contributed by atoms with van der Waals surface area (Å²) in [4.78, 5) is 30.6. The van der Waals surface area contributed by atoms with E-state index in [4.69, 9.17) is 0 Å². The van der Waals surface area contributed by atoms with Gasteiger partial charge in [0.1, 0.15) is 5.82 Å². The fourth-order valence-corrected chi connectivity index (χ4v) is 3.01. The van der Waals surface area contributed by atoms with Crippen molar-refractivity contribution < 1.29 is 9.59 Å². The summed E-state index contributed by atoms with van der Waals surface area (Å²) in [5.74, 6) is 0.0552. The van der Waals surface area contributed by atoms with Crippen LogP contribution in [-0.2, 0) is 22.7 Å². The minimum absolute atomic E-state index is 0.457. The van der Waals surface area contributed by atoms with Crippen LogP contribution in [0.5, 0.6) is 0 Å². The van der Waals surface area contributed by atoms with E-state index in [1.165, 1.54) is 0 Å². The molecular formula is C19H17N5O2. The van der Waals surface area contributed by atoms with Crippen molar-refractivity contribution in [2.75, 3.05) is 5.32 Å². The number of aromatic amines is 1. The van der Waals surface area contributed by atoms with Crippen LogP contribution in [0, 0.1) is 6.92 Å². The third-order valence-electron chi connectivity index (χ3n) is 4.30. The number of rotatable bonds is 2. The first-order chi connectivity index (χ1) is 12.6.